The summed E-state index contributed by atoms with van der Waals surface area (Å²) in [5, 5.41) is 0. The Labute approximate surface area is 91.2 Å². The molecule has 0 fully saturated rings. The van der Waals surface area contributed by atoms with Gasteiger partial charge in [-0.1, -0.05) is 13.0 Å². The van der Waals surface area contributed by atoms with Crippen LogP contribution in [0.3, 0.4) is 0 Å². The van der Waals surface area contributed by atoms with E-state index >= 15 is 0 Å². The number of rotatable bonds is 4. The highest BCUT2D eigenvalue weighted by Gasteiger charge is 2.14. The SMILES string of the molecule is CCc1cc(OC)c(OC)c(C(C)N)c1. The highest BCUT2D eigenvalue weighted by molar-refractivity contribution is 5.50. The van der Waals surface area contributed by atoms with E-state index in [0.717, 1.165) is 23.5 Å². The van der Waals surface area contributed by atoms with Crippen LogP contribution in [0.1, 0.15) is 31.0 Å². The molecule has 0 bridgehead atoms. The average molecular weight is 209 g/mol. The van der Waals surface area contributed by atoms with Gasteiger partial charge in [-0.3, -0.25) is 0 Å². The molecule has 0 aromatic heterocycles. The van der Waals surface area contributed by atoms with Crippen LogP contribution in [0.25, 0.3) is 0 Å². The van der Waals surface area contributed by atoms with Crippen molar-refractivity contribution < 1.29 is 9.47 Å². The molecule has 0 aliphatic heterocycles. The van der Waals surface area contributed by atoms with E-state index in [4.69, 9.17) is 15.2 Å². The summed E-state index contributed by atoms with van der Waals surface area (Å²) in [5.74, 6) is 1.49. The van der Waals surface area contributed by atoms with E-state index in [1.54, 1.807) is 14.2 Å². The molecule has 0 spiro atoms. The zero-order chi connectivity index (χ0) is 11.4. The summed E-state index contributed by atoms with van der Waals surface area (Å²) in [7, 11) is 3.28. The van der Waals surface area contributed by atoms with E-state index in [0.29, 0.717) is 0 Å². The first-order chi connectivity index (χ1) is 7.13. The number of hydrogen-bond acceptors (Lipinski definition) is 3. The third kappa shape index (κ3) is 2.42. The van der Waals surface area contributed by atoms with Crippen molar-refractivity contribution in [3.63, 3.8) is 0 Å². The molecule has 0 aliphatic carbocycles. The first-order valence-corrected chi connectivity index (χ1v) is 5.14. The Morgan fingerprint density at radius 2 is 1.93 bits per heavy atom. The molecule has 0 heterocycles. The fourth-order valence-corrected chi connectivity index (χ4v) is 1.60. The molecular weight excluding hydrogens is 190 g/mol. The fraction of sp³-hybridized carbons (Fsp3) is 0.500. The van der Waals surface area contributed by atoms with Crippen molar-refractivity contribution in [2.75, 3.05) is 14.2 Å². The molecule has 0 saturated heterocycles. The number of nitrogens with two attached hydrogens (primary N) is 1. The predicted molar refractivity (Wildman–Crippen MR) is 61.5 cm³/mol. The second-order valence-corrected chi connectivity index (χ2v) is 3.56. The van der Waals surface area contributed by atoms with Crippen molar-refractivity contribution in [3.8, 4) is 11.5 Å². The van der Waals surface area contributed by atoms with Gasteiger partial charge in [0.1, 0.15) is 0 Å². The Morgan fingerprint density at radius 1 is 1.27 bits per heavy atom. The molecule has 2 N–H and O–H groups in total. The molecule has 0 amide bonds. The molecule has 1 rings (SSSR count). The van der Waals surface area contributed by atoms with Gasteiger partial charge in [0.15, 0.2) is 11.5 Å². The minimum Gasteiger partial charge on any atom is -0.493 e. The van der Waals surface area contributed by atoms with Crippen LogP contribution in [0.2, 0.25) is 0 Å². The molecule has 0 saturated carbocycles. The standard InChI is InChI=1S/C12H19NO2/c1-5-9-6-10(8(2)13)12(15-4)11(7-9)14-3/h6-8H,5,13H2,1-4H3. The van der Waals surface area contributed by atoms with E-state index in [-0.39, 0.29) is 6.04 Å². The molecule has 1 unspecified atom stereocenters. The lowest BCUT2D eigenvalue weighted by atomic mass is 10.0. The fourth-order valence-electron chi connectivity index (χ4n) is 1.60. The van der Waals surface area contributed by atoms with Crippen LogP contribution in [0.4, 0.5) is 0 Å². The third-order valence-corrected chi connectivity index (χ3v) is 2.47. The summed E-state index contributed by atoms with van der Waals surface area (Å²) < 4.78 is 10.6. The summed E-state index contributed by atoms with van der Waals surface area (Å²) >= 11 is 0. The van der Waals surface area contributed by atoms with Gasteiger partial charge < -0.3 is 15.2 Å². The molecule has 0 radical (unpaired) electrons. The van der Waals surface area contributed by atoms with Gasteiger partial charge in [-0.25, -0.2) is 0 Å². The van der Waals surface area contributed by atoms with E-state index < -0.39 is 0 Å². The summed E-state index contributed by atoms with van der Waals surface area (Å²) in [4.78, 5) is 0. The Morgan fingerprint density at radius 3 is 2.33 bits per heavy atom. The lowest BCUT2D eigenvalue weighted by Crippen LogP contribution is -2.08. The molecule has 84 valence electrons. The van der Waals surface area contributed by atoms with Crippen LogP contribution in [0.5, 0.6) is 11.5 Å². The zero-order valence-electron chi connectivity index (χ0n) is 9.83. The number of methoxy groups -OCH3 is 2. The van der Waals surface area contributed by atoms with Gasteiger partial charge in [-0.05, 0) is 25.0 Å². The molecule has 0 aliphatic rings. The van der Waals surface area contributed by atoms with Gasteiger partial charge in [0.25, 0.3) is 0 Å². The van der Waals surface area contributed by atoms with Crippen LogP contribution in [-0.2, 0) is 6.42 Å². The third-order valence-electron chi connectivity index (χ3n) is 2.47. The molecule has 3 nitrogen and oxygen atoms in total. The van der Waals surface area contributed by atoms with Crippen LogP contribution in [0.15, 0.2) is 12.1 Å². The normalized spacial score (nSPS) is 12.3. The summed E-state index contributed by atoms with van der Waals surface area (Å²) in [6, 6.07) is 4.01. The highest BCUT2D eigenvalue weighted by atomic mass is 16.5. The van der Waals surface area contributed by atoms with Crippen LogP contribution < -0.4 is 15.2 Å². The van der Waals surface area contributed by atoms with Gasteiger partial charge in [-0.2, -0.15) is 0 Å². The van der Waals surface area contributed by atoms with Crippen molar-refractivity contribution in [2.45, 2.75) is 26.3 Å². The minimum atomic E-state index is -0.0552. The van der Waals surface area contributed by atoms with Crippen molar-refractivity contribution >= 4 is 0 Å². The Kier molecular flexibility index (Phi) is 3.97. The second-order valence-electron chi connectivity index (χ2n) is 3.56. The average Bonchev–Trinajstić information content (AvgIpc) is 2.26. The Hall–Kier alpha value is -1.22. The maximum Gasteiger partial charge on any atom is 0.165 e. The number of hydrogen-bond donors (Lipinski definition) is 1. The quantitative estimate of drug-likeness (QED) is 0.827. The van der Waals surface area contributed by atoms with Gasteiger partial charge in [0, 0.05) is 11.6 Å². The van der Waals surface area contributed by atoms with Gasteiger partial charge in [0.2, 0.25) is 0 Å². The minimum absolute atomic E-state index is 0.0552. The molecule has 15 heavy (non-hydrogen) atoms. The van der Waals surface area contributed by atoms with E-state index in [1.165, 1.54) is 5.56 Å². The van der Waals surface area contributed by atoms with Crippen LogP contribution >= 0.6 is 0 Å². The van der Waals surface area contributed by atoms with Crippen molar-refractivity contribution in [1.29, 1.82) is 0 Å². The van der Waals surface area contributed by atoms with Gasteiger partial charge >= 0.3 is 0 Å². The Bertz CT molecular complexity index is 335. The lowest BCUT2D eigenvalue weighted by molar-refractivity contribution is 0.349. The Balaban J connectivity index is 3.32. The molecule has 1 atom stereocenters. The molecular formula is C12H19NO2. The van der Waals surface area contributed by atoms with E-state index in [1.807, 2.05) is 13.0 Å². The zero-order valence-corrected chi connectivity index (χ0v) is 9.83. The van der Waals surface area contributed by atoms with Crippen molar-refractivity contribution in [3.05, 3.63) is 23.3 Å². The predicted octanol–water partition coefficient (Wildman–Crippen LogP) is 2.29. The topological polar surface area (TPSA) is 44.5 Å². The van der Waals surface area contributed by atoms with Crippen molar-refractivity contribution in [2.24, 2.45) is 5.73 Å². The highest BCUT2D eigenvalue weighted by Crippen LogP contribution is 2.35. The summed E-state index contributed by atoms with van der Waals surface area (Å²) in [6.07, 6.45) is 0.958. The van der Waals surface area contributed by atoms with Crippen molar-refractivity contribution in [1.82, 2.24) is 0 Å². The number of ether oxygens (including phenoxy) is 2. The van der Waals surface area contributed by atoms with Crippen LogP contribution in [0, 0.1) is 0 Å². The first kappa shape index (κ1) is 11.9. The van der Waals surface area contributed by atoms with E-state index in [9.17, 15) is 0 Å². The van der Waals surface area contributed by atoms with Gasteiger partial charge in [0.05, 0.1) is 14.2 Å². The lowest BCUT2D eigenvalue weighted by Gasteiger charge is -2.16. The number of aryl methyl sites for hydroxylation is 1. The monoisotopic (exact) mass is 209 g/mol. The largest absolute Gasteiger partial charge is 0.493 e. The first-order valence-electron chi connectivity index (χ1n) is 5.14. The molecule has 1 aromatic rings. The summed E-state index contributed by atoms with van der Waals surface area (Å²) in [5.41, 5.74) is 8.10. The maximum atomic E-state index is 5.90. The number of benzene rings is 1. The smallest absolute Gasteiger partial charge is 0.165 e. The molecule has 3 heteroatoms. The van der Waals surface area contributed by atoms with E-state index in [2.05, 4.69) is 13.0 Å². The van der Waals surface area contributed by atoms with Crippen LogP contribution in [-0.4, -0.2) is 14.2 Å². The maximum absolute atomic E-state index is 5.90. The second kappa shape index (κ2) is 5.03. The molecule has 1 aromatic carbocycles. The summed E-state index contributed by atoms with van der Waals surface area (Å²) in [6.45, 7) is 4.04. The van der Waals surface area contributed by atoms with Gasteiger partial charge in [-0.15, -0.1) is 0 Å².